The monoisotopic (exact) mass is 375 g/mol. The van der Waals surface area contributed by atoms with Crippen molar-refractivity contribution in [3.63, 3.8) is 0 Å². The van der Waals surface area contributed by atoms with Gasteiger partial charge < -0.3 is 5.11 Å². The Morgan fingerprint density at radius 1 is 1.39 bits per heavy atom. The second-order valence-corrected chi connectivity index (χ2v) is 5.71. The molecule has 0 bridgehead atoms. The van der Waals surface area contributed by atoms with Crippen LogP contribution in [-0.2, 0) is 4.79 Å². The maximum absolute atomic E-state index is 10.6. The summed E-state index contributed by atoms with van der Waals surface area (Å²) in [6, 6.07) is 7.90. The molecular weight excluding hydrogens is 365 g/mol. The summed E-state index contributed by atoms with van der Waals surface area (Å²) in [7, 11) is 0. The van der Waals surface area contributed by atoms with Gasteiger partial charge in [-0.25, -0.2) is 0 Å². The van der Waals surface area contributed by atoms with Gasteiger partial charge in [0.05, 0.1) is 5.75 Å². The van der Waals surface area contributed by atoms with Gasteiger partial charge >= 0.3 is 5.97 Å². The van der Waals surface area contributed by atoms with Gasteiger partial charge in [0.15, 0.2) is 5.16 Å². The standard InChI is InChI=1S/C11H10IN3O2S/c1-7-13-14-11(18-6-10(16)17)15(7)9-4-2-8(12)3-5-9/h2-5H,6H2,1H3,(H,16,17). The van der Waals surface area contributed by atoms with Gasteiger partial charge in [-0.1, -0.05) is 11.8 Å². The van der Waals surface area contributed by atoms with Crippen molar-refractivity contribution < 1.29 is 9.90 Å². The third kappa shape index (κ3) is 3.02. The number of rotatable bonds is 4. The van der Waals surface area contributed by atoms with Crippen LogP contribution < -0.4 is 0 Å². The highest BCUT2D eigenvalue weighted by Gasteiger charge is 2.12. The lowest BCUT2D eigenvalue weighted by atomic mass is 10.3. The van der Waals surface area contributed by atoms with Gasteiger partial charge in [-0.3, -0.25) is 9.36 Å². The number of hydrogen-bond donors (Lipinski definition) is 1. The van der Waals surface area contributed by atoms with Crippen LogP contribution in [0.1, 0.15) is 5.82 Å². The molecule has 18 heavy (non-hydrogen) atoms. The Morgan fingerprint density at radius 3 is 2.67 bits per heavy atom. The van der Waals surface area contributed by atoms with Gasteiger partial charge in [-0.15, -0.1) is 10.2 Å². The number of thioether (sulfide) groups is 1. The minimum Gasteiger partial charge on any atom is -0.481 e. The summed E-state index contributed by atoms with van der Waals surface area (Å²) in [6.07, 6.45) is 0. The van der Waals surface area contributed by atoms with E-state index in [9.17, 15) is 4.79 Å². The van der Waals surface area contributed by atoms with Gasteiger partial charge in [0.1, 0.15) is 5.82 Å². The van der Waals surface area contributed by atoms with Crippen LogP contribution in [0.15, 0.2) is 29.4 Å². The molecule has 0 aliphatic carbocycles. The second kappa shape index (κ2) is 5.70. The van der Waals surface area contributed by atoms with Crippen LogP contribution in [0, 0.1) is 10.5 Å². The fourth-order valence-electron chi connectivity index (χ4n) is 1.45. The van der Waals surface area contributed by atoms with Crippen molar-refractivity contribution in [2.75, 3.05) is 5.75 Å². The molecule has 0 unspecified atom stereocenters. The van der Waals surface area contributed by atoms with Gasteiger partial charge in [0.25, 0.3) is 0 Å². The van der Waals surface area contributed by atoms with E-state index in [1.54, 1.807) is 0 Å². The fraction of sp³-hybridized carbons (Fsp3) is 0.182. The summed E-state index contributed by atoms with van der Waals surface area (Å²) >= 11 is 3.40. The molecule has 0 amide bonds. The summed E-state index contributed by atoms with van der Waals surface area (Å²) in [5.41, 5.74) is 0.936. The van der Waals surface area contributed by atoms with E-state index < -0.39 is 5.97 Å². The quantitative estimate of drug-likeness (QED) is 0.657. The number of carboxylic acids is 1. The second-order valence-electron chi connectivity index (χ2n) is 3.52. The number of benzene rings is 1. The minimum atomic E-state index is -0.866. The molecule has 1 aromatic heterocycles. The van der Waals surface area contributed by atoms with E-state index in [-0.39, 0.29) is 5.75 Å². The van der Waals surface area contributed by atoms with Crippen LogP contribution in [0.25, 0.3) is 5.69 Å². The first kappa shape index (κ1) is 13.3. The van der Waals surface area contributed by atoms with Gasteiger partial charge in [-0.2, -0.15) is 0 Å². The van der Waals surface area contributed by atoms with Crippen molar-refractivity contribution in [1.82, 2.24) is 14.8 Å². The maximum atomic E-state index is 10.6. The van der Waals surface area contributed by atoms with Crippen LogP contribution in [0.5, 0.6) is 0 Å². The van der Waals surface area contributed by atoms with Gasteiger partial charge in [-0.05, 0) is 53.8 Å². The molecule has 1 heterocycles. The van der Waals surface area contributed by atoms with Crippen molar-refractivity contribution in [3.05, 3.63) is 33.7 Å². The molecular formula is C11H10IN3O2S. The molecule has 2 rings (SSSR count). The molecule has 5 nitrogen and oxygen atoms in total. The molecule has 0 spiro atoms. The first-order valence-electron chi connectivity index (χ1n) is 5.10. The Kier molecular flexibility index (Phi) is 4.23. The fourth-order valence-corrected chi connectivity index (χ4v) is 2.53. The van der Waals surface area contributed by atoms with Crippen LogP contribution in [-0.4, -0.2) is 31.6 Å². The summed E-state index contributed by atoms with van der Waals surface area (Å²) in [5.74, 6) is -0.151. The van der Waals surface area contributed by atoms with Crippen molar-refractivity contribution in [2.45, 2.75) is 12.1 Å². The predicted molar refractivity (Wildman–Crippen MR) is 77.2 cm³/mol. The SMILES string of the molecule is Cc1nnc(SCC(=O)O)n1-c1ccc(I)cc1. The summed E-state index contributed by atoms with van der Waals surface area (Å²) in [4.78, 5) is 10.6. The Morgan fingerprint density at radius 2 is 2.06 bits per heavy atom. The number of carboxylic acid groups (broad SMARTS) is 1. The number of aryl methyl sites for hydroxylation is 1. The van der Waals surface area contributed by atoms with Crippen LogP contribution in [0.3, 0.4) is 0 Å². The maximum Gasteiger partial charge on any atom is 0.313 e. The number of nitrogens with zero attached hydrogens (tertiary/aromatic N) is 3. The number of halogens is 1. The van der Waals surface area contributed by atoms with Crippen molar-refractivity contribution in [1.29, 1.82) is 0 Å². The average molecular weight is 375 g/mol. The highest BCUT2D eigenvalue weighted by molar-refractivity contribution is 14.1. The molecule has 0 radical (unpaired) electrons. The molecule has 0 saturated carbocycles. The third-order valence-electron chi connectivity index (χ3n) is 2.20. The van der Waals surface area contributed by atoms with Crippen LogP contribution >= 0.6 is 34.4 Å². The lowest BCUT2D eigenvalue weighted by Gasteiger charge is -2.07. The van der Waals surface area contributed by atoms with E-state index in [4.69, 9.17) is 5.11 Å². The first-order chi connectivity index (χ1) is 8.58. The van der Waals surface area contributed by atoms with E-state index in [1.807, 2.05) is 35.8 Å². The number of aliphatic carboxylic acids is 1. The highest BCUT2D eigenvalue weighted by atomic mass is 127. The molecule has 1 aromatic carbocycles. The van der Waals surface area contributed by atoms with Crippen molar-refractivity contribution in [2.24, 2.45) is 0 Å². The normalized spacial score (nSPS) is 10.6. The lowest BCUT2D eigenvalue weighted by Crippen LogP contribution is -2.03. The van der Waals surface area contributed by atoms with Gasteiger partial charge in [0.2, 0.25) is 0 Å². The summed E-state index contributed by atoms with van der Waals surface area (Å²) in [5, 5.41) is 17.3. The van der Waals surface area contributed by atoms with E-state index in [1.165, 1.54) is 0 Å². The third-order valence-corrected chi connectivity index (χ3v) is 3.84. The molecule has 0 atom stereocenters. The highest BCUT2D eigenvalue weighted by Crippen LogP contribution is 2.22. The Balaban J connectivity index is 2.34. The molecule has 0 aliphatic rings. The number of aromatic nitrogens is 3. The van der Waals surface area contributed by atoms with Crippen LogP contribution in [0.2, 0.25) is 0 Å². The van der Waals surface area contributed by atoms with Crippen LogP contribution in [0.4, 0.5) is 0 Å². The summed E-state index contributed by atoms with van der Waals surface area (Å²) in [6.45, 7) is 1.84. The zero-order chi connectivity index (χ0) is 13.1. The molecule has 0 saturated heterocycles. The molecule has 1 N–H and O–H groups in total. The first-order valence-corrected chi connectivity index (χ1v) is 7.17. The molecule has 0 aliphatic heterocycles. The molecule has 94 valence electrons. The van der Waals surface area contributed by atoms with Crippen molar-refractivity contribution in [3.8, 4) is 5.69 Å². The number of carbonyl (C=O) groups is 1. The lowest BCUT2D eigenvalue weighted by molar-refractivity contribution is -0.133. The largest absolute Gasteiger partial charge is 0.481 e. The van der Waals surface area contributed by atoms with E-state index in [0.29, 0.717) is 5.16 Å². The minimum absolute atomic E-state index is 0.0253. The zero-order valence-electron chi connectivity index (χ0n) is 9.50. The zero-order valence-corrected chi connectivity index (χ0v) is 12.5. The smallest absolute Gasteiger partial charge is 0.313 e. The van der Waals surface area contributed by atoms with E-state index in [0.717, 1.165) is 26.8 Å². The Hall–Kier alpha value is -1.09. The Bertz CT molecular complexity index is 568. The van der Waals surface area contributed by atoms with E-state index in [2.05, 4.69) is 32.8 Å². The Labute approximate surface area is 122 Å². The predicted octanol–water partition coefficient (Wildman–Crippen LogP) is 2.36. The topological polar surface area (TPSA) is 68.0 Å². The molecule has 7 heteroatoms. The van der Waals surface area contributed by atoms with E-state index >= 15 is 0 Å². The number of hydrogen-bond acceptors (Lipinski definition) is 4. The summed E-state index contributed by atoms with van der Waals surface area (Å²) < 4.78 is 2.99. The van der Waals surface area contributed by atoms with Crippen molar-refractivity contribution >= 4 is 40.3 Å². The molecule has 2 aromatic rings. The van der Waals surface area contributed by atoms with Gasteiger partial charge in [0, 0.05) is 9.26 Å². The average Bonchev–Trinajstić information content (AvgIpc) is 2.69. The molecule has 0 fully saturated rings.